The van der Waals surface area contributed by atoms with Crippen LogP contribution in [0.25, 0.3) is 5.76 Å². The van der Waals surface area contributed by atoms with Crippen LogP contribution in [0.3, 0.4) is 0 Å². The fourth-order valence-electron chi connectivity index (χ4n) is 3.75. The minimum Gasteiger partial charge on any atom is -0.507 e. The molecule has 0 aromatic heterocycles. The van der Waals surface area contributed by atoms with Gasteiger partial charge in [0, 0.05) is 30.3 Å². The maximum atomic E-state index is 13.0. The summed E-state index contributed by atoms with van der Waals surface area (Å²) in [6.45, 7) is 5.35. The number of ether oxygens (including phenoxy) is 2. The van der Waals surface area contributed by atoms with Crippen LogP contribution in [0.15, 0.2) is 52.5 Å². The number of carbonyl (C=O) groups excluding carboxylic acids is 2. The highest BCUT2D eigenvalue weighted by Gasteiger charge is 2.45. The molecule has 1 saturated heterocycles. The number of carbonyl (C=O) groups is 2. The van der Waals surface area contributed by atoms with Crippen LogP contribution in [0.5, 0.6) is 5.75 Å². The summed E-state index contributed by atoms with van der Waals surface area (Å²) in [4.78, 5) is 27.5. The summed E-state index contributed by atoms with van der Waals surface area (Å²) < 4.78 is 11.7. The van der Waals surface area contributed by atoms with Crippen molar-refractivity contribution in [3.05, 3.63) is 69.2 Å². The molecule has 0 spiro atoms. The van der Waals surface area contributed by atoms with Gasteiger partial charge >= 0.3 is 0 Å². The normalized spacial score (nSPS) is 17.8. The molecular formula is C25H28BrNO5. The van der Waals surface area contributed by atoms with Gasteiger partial charge in [0.05, 0.1) is 18.2 Å². The van der Waals surface area contributed by atoms with Crippen molar-refractivity contribution >= 4 is 33.4 Å². The van der Waals surface area contributed by atoms with Crippen molar-refractivity contribution in [3.8, 4) is 5.75 Å². The van der Waals surface area contributed by atoms with Crippen molar-refractivity contribution in [3.63, 3.8) is 0 Å². The van der Waals surface area contributed by atoms with Crippen molar-refractivity contribution in [2.45, 2.75) is 32.7 Å². The van der Waals surface area contributed by atoms with E-state index in [9.17, 15) is 14.7 Å². The Morgan fingerprint density at radius 2 is 1.84 bits per heavy atom. The number of methoxy groups -OCH3 is 1. The lowest BCUT2D eigenvalue weighted by atomic mass is 9.95. The highest BCUT2D eigenvalue weighted by atomic mass is 79.9. The first-order valence-electron chi connectivity index (χ1n) is 10.7. The molecule has 1 amide bonds. The predicted octanol–water partition coefficient (Wildman–Crippen LogP) is 5.00. The first-order chi connectivity index (χ1) is 15.4. The van der Waals surface area contributed by atoms with Crippen LogP contribution >= 0.6 is 15.9 Å². The predicted molar refractivity (Wildman–Crippen MR) is 127 cm³/mol. The lowest BCUT2D eigenvalue weighted by Crippen LogP contribution is -2.31. The summed E-state index contributed by atoms with van der Waals surface area (Å²) in [7, 11) is 1.59. The molecule has 1 aliphatic heterocycles. The molecule has 1 fully saturated rings. The lowest BCUT2D eigenvalue weighted by molar-refractivity contribution is -0.140. The Kier molecular flexibility index (Phi) is 8.10. The number of rotatable bonds is 9. The number of hydrogen-bond donors (Lipinski definition) is 1. The van der Waals surface area contributed by atoms with E-state index in [0.29, 0.717) is 31.7 Å². The number of likely N-dealkylation sites (tertiary alicyclic amines) is 1. The smallest absolute Gasteiger partial charge is 0.295 e. The third kappa shape index (κ3) is 5.05. The Morgan fingerprint density at radius 1 is 1.12 bits per heavy atom. The maximum absolute atomic E-state index is 13.0. The number of halogens is 1. The molecule has 2 aromatic carbocycles. The molecule has 0 aliphatic carbocycles. The molecule has 1 atom stereocenters. The van der Waals surface area contributed by atoms with Gasteiger partial charge in [-0.25, -0.2) is 0 Å². The van der Waals surface area contributed by atoms with Gasteiger partial charge < -0.3 is 19.5 Å². The van der Waals surface area contributed by atoms with Crippen LogP contribution in [-0.2, 0) is 14.3 Å². The van der Waals surface area contributed by atoms with Gasteiger partial charge in [0.2, 0.25) is 0 Å². The molecule has 1 N–H and O–H groups in total. The van der Waals surface area contributed by atoms with Crippen LogP contribution < -0.4 is 4.74 Å². The van der Waals surface area contributed by atoms with Gasteiger partial charge in [-0.2, -0.15) is 0 Å². The molecule has 170 valence electrons. The molecule has 0 bridgehead atoms. The zero-order chi connectivity index (χ0) is 23.3. The number of aryl methyl sites for hydroxylation is 1. The second kappa shape index (κ2) is 10.8. The van der Waals surface area contributed by atoms with Crippen molar-refractivity contribution in [2.75, 3.05) is 26.9 Å². The second-order valence-corrected chi connectivity index (χ2v) is 8.57. The minimum absolute atomic E-state index is 0.0939. The van der Waals surface area contributed by atoms with E-state index < -0.39 is 17.7 Å². The fourth-order valence-corrected chi connectivity index (χ4v) is 4.00. The van der Waals surface area contributed by atoms with Crippen molar-refractivity contribution in [2.24, 2.45) is 0 Å². The van der Waals surface area contributed by atoms with Gasteiger partial charge in [0.1, 0.15) is 11.5 Å². The number of amides is 1. The van der Waals surface area contributed by atoms with Gasteiger partial charge in [-0.1, -0.05) is 41.1 Å². The first-order valence-corrected chi connectivity index (χ1v) is 11.4. The zero-order valence-electron chi connectivity index (χ0n) is 18.6. The Balaban J connectivity index is 2.07. The van der Waals surface area contributed by atoms with E-state index >= 15 is 0 Å². The maximum Gasteiger partial charge on any atom is 0.295 e. The SMILES string of the molecule is CCCOc1ccc(C2/C(=C(/O)c3ccc(Br)c(C)c3)C(=O)C(=O)N2CCCOC)cc1. The Hall–Kier alpha value is -2.64. The van der Waals surface area contributed by atoms with Crippen LogP contribution in [0.2, 0.25) is 0 Å². The standard InChI is InChI=1S/C25H28BrNO5/c1-4-13-32-19-9-6-17(7-10-19)22-21(23(28)18-8-11-20(26)16(2)15-18)24(29)25(30)27(22)12-5-14-31-3/h6-11,15,22,28H,4-5,12-14H2,1-3H3/b23-21-. The summed E-state index contributed by atoms with van der Waals surface area (Å²) in [5.74, 6) is -0.760. The molecule has 0 saturated carbocycles. The molecule has 1 aliphatic rings. The molecule has 32 heavy (non-hydrogen) atoms. The van der Waals surface area contributed by atoms with Crippen LogP contribution in [0.4, 0.5) is 0 Å². The molecule has 3 rings (SSSR count). The van der Waals surface area contributed by atoms with Gasteiger partial charge in [-0.3, -0.25) is 9.59 Å². The number of benzene rings is 2. The summed E-state index contributed by atoms with van der Waals surface area (Å²) in [5.41, 5.74) is 2.24. The Bertz CT molecular complexity index is 1020. The van der Waals surface area contributed by atoms with Gasteiger partial charge in [-0.05, 0) is 55.2 Å². The molecule has 1 heterocycles. The van der Waals surface area contributed by atoms with E-state index in [0.717, 1.165) is 27.8 Å². The monoisotopic (exact) mass is 501 g/mol. The van der Waals surface area contributed by atoms with E-state index in [1.165, 1.54) is 4.90 Å². The molecule has 1 unspecified atom stereocenters. The van der Waals surface area contributed by atoms with Gasteiger partial charge in [0.15, 0.2) is 0 Å². The van der Waals surface area contributed by atoms with Crippen LogP contribution in [0.1, 0.15) is 42.5 Å². The first kappa shape index (κ1) is 24.0. The largest absolute Gasteiger partial charge is 0.507 e. The number of hydrogen-bond acceptors (Lipinski definition) is 5. The number of aliphatic hydroxyl groups excluding tert-OH is 1. The lowest BCUT2D eigenvalue weighted by Gasteiger charge is -2.25. The third-order valence-electron chi connectivity index (χ3n) is 5.39. The number of Topliss-reactive ketones (excluding diaryl/α,β-unsaturated/α-hetero) is 1. The van der Waals surface area contributed by atoms with E-state index in [2.05, 4.69) is 15.9 Å². The molecule has 6 nitrogen and oxygen atoms in total. The highest BCUT2D eigenvalue weighted by Crippen LogP contribution is 2.40. The quantitative estimate of drug-likeness (QED) is 0.226. The van der Waals surface area contributed by atoms with Crippen LogP contribution in [0, 0.1) is 6.92 Å². The number of aliphatic hydroxyl groups is 1. The zero-order valence-corrected chi connectivity index (χ0v) is 20.1. The molecule has 0 radical (unpaired) electrons. The fraction of sp³-hybridized carbons (Fsp3) is 0.360. The van der Waals surface area contributed by atoms with E-state index in [1.807, 2.05) is 44.2 Å². The Morgan fingerprint density at radius 3 is 2.47 bits per heavy atom. The summed E-state index contributed by atoms with van der Waals surface area (Å²) in [6.07, 6.45) is 1.48. The average molecular weight is 502 g/mol. The topological polar surface area (TPSA) is 76.1 Å². The molecular weight excluding hydrogens is 474 g/mol. The summed E-state index contributed by atoms with van der Waals surface area (Å²) in [6, 6.07) is 12.0. The number of nitrogens with zero attached hydrogens (tertiary/aromatic N) is 1. The highest BCUT2D eigenvalue weighted by molar-refractivity contribution is 9.10. The third-order valence-corrected chi connectivity index (χ3v) is 6.28. The number of ketones is 1. The summed E-state index contributed by atoms with van der Waals surface area (Å²) in [5, 5.41) is 11.1. The summed E-state index contributed by atoms with van der Waals surface area (Å²) >= 11 is 3.45. The van der Waals surface area contributed by atoms with Gasteiger partial charge in [0.25, 0.3) is 11.7 Å². The average Bonchev–Trinajstić information content (AvgIpc) is 3.04. The Labute approximate surface area is 197 Å². The van der Waals surface area contributed by atoms with E-state index in [1.54, 1.807) is 19.2 Å². The molecule has 7 heteroatoms. The van der Waals surface area contributed by atoms with E-state index in [4.69, 9.17) is 9.47 Å². The van der Waals surface area contributed by atoms with Crippen LogP contribution in [-0.4, -0.2) is 48.6 Å². The van der Waals surface area contributed by atoms with Crippen molar-refractivity contribution < 1.29 is 24.2 Å². The minimum atomic E-state index is -0.684. The van der Waals surface area contributed by atoms with Crippen molar-refractivity contribution in [1.29, 1.82) is 0 Å². The van der Waals surface area contributed by atoms with Gasteiger partial charge in [-0.15, -0.1) is 0 Å². The second-order valence-electron chi connectivity index (χ2n) is 7.72. The van der Waals surface area contributed by atoms with E-state index in [-0.39, 0.29) is 11.3 Å². The van der Waals surface area contributed by atoms with Crippen molar-refractivity contribution in [1.82, 2.24) is 4.90 Å². The molecule has 2 aromatic rings.